The Labute approximate surface area is 180 Å². The standard InChI is InChI=1S/C26H46N2O/c1-4-5-6-7-8-9-10-11-12-13-17-21-26(29)27-22-18-23-28(2,3)24-25-19-15-14-16-20-25/h14-16,19-20H,4-13,17-18,21-24H2,1-3H3. The van der Waals surface area contributed by atoms with E-state index in [0.29, 0.717) is 13.0 Å². The minimum absolute atomic E-state index is 0.106. The van der Waals surface area contributed by atoms with Crippen molar-refractivity contribution in [3.05, 3.63) is 35.9 Å². The first-order valence-electron chi connectivity index (χ1n) is 12.1. The predicted molar refractivity (Wildman–Crippen MR) is 125 cm³/mol. The fourth-order valence-electron chi connectivity index (χ4n) is 3.88. The Morgan fingerprint density at radius 2 is 1.34 bits per heavy atom. The van der Waals surface area contributed by atoms with Crippen molar-refractivity contribution in [3.63, 3.8) is 0 Å². The molecule has 0 unspecified atom stereocenters. The van der Waals surface area contributed by atoms with Gasteiger partial charge in [0.25, 0.3) is 0 Å². The van der Waals surface area contributed by atoms with Gasteiger partial charge in [0.15, 0.2) is 0 Å². The number of benzene rings is 1. The van der Waals surface area contributed by atoms with Crippen molar-refractivity contribution in [2.45, 2.75) is 96.9 Å². The third-order valence-electron chi connectivity index (χ3n) is 5.66. The van der Waals surface area contributed by atoms with Crippen molar-refractivity contribution in [1.82, 2.24) is 0 Å². The van der Waals surface area contributed by atoms with Crippen LogP contribution in [-0.2, 0) is 6.54 Å². The minimum atomic E-state index is 0.106. The molecule has 0 aliphatic rings. The first-order valence-corrected chi connectivity index (χ1v) is 12.1. The number of quaternary nitrogens is 1. The molecule has 1 aromatic rings. The summed E-state index contributed by atoms with van der Waals surface area (Å²) in [6, 6.07) is 10.6. The summed E-state index contributed by atoms with van der Waals surface area (Å²) in [5, 5.41) is 11.9. The van der Waals surface area contributed by atoms with Crippen molar-refractivity contribution in [2.24, 2.45) is 4.99 Å². The maximum absolute atomic E-state index is 11.9. The number of rotatable bonds is 18. The lowest BCUT2D eigenvalue weighted by Gasteiger charge is -2.29. The molecule has 3 nitrogen and oxygen atoms in total. The van der Waals surface area contributed by atoms with E-state index < -0.39 is 0 Å². The smallest absolute Gasteiger partial charge is 0.104 e. The predicted octanol–water partition coefficient (Wildman–Crippen LogP) is 6.11. The van der Waals surface area contributed by atoms with E-state index in [0.717, 1.165) is 30.4 Å². The van der Waals surface area contributed by atoms with Gasteiger partial charge in [0, 0.05) is 18.5 Å². The van der Waals surface area contributed by atoms with E-state index in [1.807, 2.05) is 0 Å². The summed E-state index contributed by atoms with van der Waals surface area (Å²) in [7, 11) is 4.50. The molecule has 0 fully saturated rings. The van der Waals surface area contributed by atoms with Crippen molar-refractivity contribution in [3.8, 4) is 0 Å². The number of hydrogen-bond donors (Lipinski definition) is 0. The molecule has 0 aliphatic carbocycles. The zero-order valence-electron chi connectivity index (χ0n) is 19.5. The van der Waals surface area contributed by atoms with Gasteiger partial charge in [-0.15, -0.1) is 0 Å². The Kier molecular flexibility index (Phi) is 14.6. The van der Waals surface area contributed by atoms with Crippen LogP contribution in [0.2, 0.25) is 0 Å². The van der Waals surface area contributed by atoms with Crippen molar-refractivity contribution in [2.75, 3.05) is 27.2 Å². The van der Waals surface area contributed by atoms with Gasteiger partial charge in [0.2, 0.25) is 0 Å². The molecule has 0 aromatic heterocycles. The summed E-state index contributed by atoms with van der Waals surface area (Å²) < 4.78 is 0.937. The van der Waals surface area contributed by atoms with Crippen LogP contribution in [0.1, 0.15) is 96.0 Å². The molecule has 0 atom stereocenters. The van der Waals surface area contributed by atoms with Crippen molar-refractivity contribution in [1.29, 1.82) is 0 Å². The zero-order valence-corrected chi connectivity index (χ0v) is 19.5. The average Bonchev–Trinajstić information content (AvgIpc) is 2.70. The fraction of sp³-hybridized carbons (Fsp3) is 0.731. The van der Waals surface area contributed by atoms with E-state index in [2.05, 4.69) is 56.3 Å². The van der Waals surface area contributed by atoms with Crippen LogP contribution in [0.15, 0.2) is 35.3 Å². The Morgan fingerprint density at radius 3 is 1.93 bits per heavy atom. The SMILES string of the molecule is CCCCCCCCCCCCCC([O-])=NCCC[N+](C)(C)Cc1ccccc1. The highest BCUT2D eigenvalue weighted by Gasteiger charge is 2.14. The number of aliphatic imine (C=N–C) groups is 1. The molecule has 0 spiro atoms. The van der Waals surface area contributed by atoms with Gasteiger partial charge in [-0.05, 0) is 18.7 Å². The fourth-order valence-corrected chi connectivity index (χ4v) is 3.88. The van der Waals surface area contributed by atoms with Gasteiger partial charge < -0.3 is 14.6 Å². The van der Waals surface area contributed by atoms with Crippen LogP contribution in [-0.4, -0.2) is 37.6 Å². The third-order valence-corrected chi connectivity index (χ3v) is 5.66. The van der Waals surface area contributed by atoms with Crippen LogP contribution in [0, 0.1) is 0 Å². The normalized spacial score (nSPS) is 12.4. The summed E-state index contributed by atoms with van der Waals surface area (Å²) in [5.74, 6) is 0.106. The molecular weight excluding hydrogens is 356 g/mol. The van der Waals surface area contributed by atoms with Gasteiger partial charge >= 0.3 is 0 Å². The second-order valence-corrected chi connectivity index (χ2v) is 9.22. The lowest BCUT2D eigenvalue weighted by molar-refractivity contribution is -0.903. The van der Waals surface area contributed by atoms with Gasteiger partial charge in [0.05, 0.1) is 20.6 Å². The maximum Gasteiger partial charge on any atom is 0.104 e. The second kappa shape index (κ2) is 16.4. The third kappa shape index (κ3) is 15.2. The highest BCUT2D eigenvalue weighted by molar-refractivity contribution is 5.71. The molecule has 0 heterocycles. The summed E-state index contributed by atoms with van der Waals surface area (Å²) in [5.41, 5.74) is 1.36. The van der Waals surface area contributed by atoms with Crippen LogP contribution in [0.3, 0.4) is 0 Å². The molecule has 0 saturated carbocycles. The van der Waals surface area contributed by atoms with Gasteiger partial charge in [-0.2, -0.15) is 0 Å². The minimum Gasteiger partial charge on any atom is -0.862 e. The van der Waals surface area contributed by atoms with Crippen molar-refractivity contribution < 1.29 is 9.59 Å². The molecule has 0 saturated heterocycles. The summed E-state index contributed by atoms with van der Waals surface area (Å²) in [6.07, 6.45) is 16.1. The molecule has 1 aromatic carbocycles. The lowest BCUT2D eigenvalue weighted by Crippen LogP contribution is -2.39. The summed E-state index contributed by atoms with van der Waals surface area (Å²) >= 11 is 0. The van der Waals surface area contributed by atoms with E-state index in [1.54, 1.807) is 0 Å². The highest BCUT2D eigenvalue weighted by Crippen LogP contribution is 2.12. The molecule has 0 radical (unpaired) electrons. The zero-order chi connectivity index (χ0) is 21.2. The van der Waals surface area contributed by atoms with E-state index in [9.17, 15) is 5.11 Å². The van der Waals surface area contributed by atoms with E-state index in [1.165, 1.54) is 69.8 Å². The number of unbranched alkanes of at least 4 members (excludes halogenated alkanes) is 10. The maximum atomic E-state index is 11.9. The molecule has 0 N–H and O–H groups in total. The van der Waals surface area contributed by atoms with Crippen LogP contribution in [0.5, 0.6) is 0 Å². The molecule has 1 rings (SSSR count). The molecule has 0 aliphatic heterocycles. The van der Waals surface area contributed by atoms with Crippen LogP contribution < -0.4 is 5.11 Å². The molecule has 166 valence electrons. The highest BCUT2D eigenvalue weighted by atomic mass is 16.3. The van der Waals surface area contributed by atoms with E-state index in [4.69, 9.17) is 0 Å². The first-order chi connectivity index (χ1) is 14.0. The van der Waals surface area contributed by atoms with Gasteiger partial charge in [-0.25, -0.2) is 0 Å². The van der Waals surface area contributed by atoms with Crippen LogP contribution >= 0.6 is 0 Å². The molecule has 0 amide bonds. The van der Waals surface area contributed by atoms with Gasteiger partial charge in [-0.3, -0.25) is 0 Å². The van der Waals surface area contributed by atoms with Crippen LogP contribution in [0.4, 0.5) is 0 Å². The topological polar surface area (TPSA) is 35.4 Å². The molecule has 0 bridgehead atoms. The first kappa shape index (κ1) is 25.7. The molecular formula is C26H46N2O. The Morgan fingerprint density at radius 1 is 0.793 bits per heavy atom. The Bertz CT molecular complexity index is 525. The number of hydrogen-bond acceptors (Lipinski definition) is 2. The van der Waals surface area contributed by atoms with E-state index in [-0.39, 0.29) is 5.90 Å². The Balaban J connectivity index is 1.98. The quantitative estimate of drug-likeness (QED) is 0.126. The monoisotopic (exact) mass is 402 g/mol. The van der Waals surface area contributed by atoms with Crippen LogP contribution in [0.25, 0.3) is 0 Å². The molecule has 3 heteroatoms. The summed E-state index contributed by atoms with van der Waals surface area (Å²) in [6.45, 7) is 5.01. The molecule has 29 heavy (non-hydrogen) atoms. The summed E-state index contributed by atoms with van der Waals surface area (Å²) in [4.78, 5) is 4.27. The number of nitrogens with zero attached hydrogens (tertiary/aromatic N) is 2. The van der Waals surface area contributed by atoms with Crippen molar-refractivity contribution >= 4 is 5.90 Å². The van der Waals surface area contributed by atoms with Gasteiger partial charge in [0.1, 0.15) is 6.54 Å². The second-order valence-electron chi connectivity index (χ2n) is 9.22. The van der Waals surface area contributed by atoms with E-state index >= 15 is 0 Å². The van der Waals surface area contributed by atoms with Gasteiger partial charge in [-0.1, -0.05) is 101 Å². The average molecular weight is 403 g/mol. The Hall–Kier alpha value is -1.35. The largest absolute Gasteiger partial charge is 0.862 e. The lowest BCUT2D eigenvalue weighted by atomic mass is 10.1.